The molecule has 0 amide bonds. The fraction of sp³-hybridized carbons (Fsp3) is 0.312. The molecule has 2 aliphatic rings. The van der Waals surface area contributed by atoms with E-state index in [9.17, 15) is 5.11 Å². The zero-order chi connectivity index (χ0) is 14.7. The summed E-state index contributed by atoms with van der Waals surface area (Å²) in [7, 11) is 0. The third-order valence-electron chi connectivity index (χ3n) is 4.91. The summed E-state index contributed by atoms with van der Waals surface area (Å²) in [5, 5.41) is 18.5. The molecule has 1 N–H and O–H groups in total. The van der Waals surface area contributed by atoms with Gasteiger partial charge in [0.1, 0.15) is 17.5 Å². The molecule has 1 aromatic carbocycles. The van der Waals surface area contributed by atoms with Crippen LogP contribution in [0.15, 0.2) is 41.4 Å². The lowest BCUT2D eigenvalue weighted by Crippen LogP contribution is -2.28. The maximum Gasteiger partial charge on any atom is 0.137 e. The molecule has 6 heteroatoms. The SMILES string of the molecule is O[C@@H]1c2nonc2CCC1[C@@H]1c2ccccc2-c2cncn21. The van der Waals surface area contributed by atoms with Gasteiger partial charge in [0.15, 0.2) is 0 Å². The van der Waals surface area contributed by atoms with Crippen LogP contribution in [0.1, 0.15) is 35.5 Å². The second-order valence-electron chi connectivity index (χ2n) is 5.96. The standard InChI is InChI=1S/C16H14N4O2/c21-16-11(5-6-12-14(16)19-22-18-12)15-10-4-2-1-3-9(10)13-7-17-8-20(13)15/h1-4,7-8,11,15-16,21H,5-6H2/t11?,15-,16-/m0/s1. The number of hydrogen-bond acceptors (Lipinski definition) is 5. The smallest absolute Gasteiger partial charge is 0.137 e. The van der Waals surface area contributed by atoms with Crippen molar-refractivity contribution < 1.29 is 9.74 Å². The molecule has 2 aromatic heterocycles. The molecule has 110 valence electrons. The average Bonchev–Trinajstić information content (AvgIpc) is 3.23. The molecule has 1 aliphatic heterocycles. The highest BCUT2D eigenvalue weighted by molar-refractivity contribution is 5.69. The number of aliphatic hydroxyl groups excluding tert-OH is 1. The van der Waals surface area contributed by atoms with Crippen LogP contribution in [-0.4, -0.2) is 25.0 Å². The molecule has 22 heavy (non-hydrogen) atoms. The lowest BCUT2D eigenvalue weighted by molar-refractivity contribution is 0.0662. The molecular formula is C16H14N4O2. The third kappa shape index (κ3) is 1.45. The van der Waals surface area contributed by atoms with E-state index in [2.05, 4.69) is 32.0 Å². The molecule has 5 rings (SSSR count). The highest BCUT2D eigenvalue weighted by atomic mass is 16.6. The minimum atomic E-state index is -0.665. The monoisotopic (exact) mass is 294 g/mol. The minimum Gasteiger partial charge on any atom is -0.386 e. The normalized spacial score (nSPS) is 25.6. The van der Waals surface area contributed by atoms with E-state index in [0.717, 1.165) is 24.2 Å². The summed E-state index contributed by atoms with van der Waals surface area (Å²) in [5.41, 5.74) is 4.91. The van der Waals surface area contributed by atoms with Crippen LogP contribution >= 0.6 is 0 Å². The van der Waals surface area contributed by atoms with Crippen molar-refractivity contribution in [1.82, 2.24) is 19.9 Å². The Hall–Kier alpha value is -2.47. The van der Waals surface area contributed by atoms with Gasteiger partial charge in [-0.05, 0) is 18.4 Å². The van der Waals surface area contributed by atoms with Gasteiger partial charge in [0.05, 0.1) is 24.3 Å². The minimum absolute atomic E-state index is 0.0380. The molecule has 3 aromatic rings. The first kappa shape index (κ1) is 12.1. The van der Waals surface area contributed by atoms with Crippen molar-refractivity contribution in [3.63, 3.8) is 0 Å². The van der Waals surface area contributed by atoms with Gasteiger partial charge in [-0.2, -0.15) is 0 Å². The summed E-state index contributed by atoms with van der Waals surface area (Å²) in [6.45, 7) is 0. The van der Waals surface area contributed by atoms with Gasteiger partial charge in [0, 0.05) is 11.5 Å². The Morgan fingerprint density at radius 1 is 1.23 bits per heavy atom. The van der Waals surface area contributed by atoms with E-state index in [4.69, 9.17) is 4.63 Å². The second kappa shape index (κ2) is 4.27. The van der Waals surface area contributed by atoms with Crippen molar-refractivity contribution in [1.29, 1.82) is 0 Å². The van der Waals surface area contributed by atoms with E-state index >= 15 is 0 Å². The molecule has 0 spiro atoms. The molecule has 0 saturated carbocycles. The molecule has 0 radical (unpaired) electrons. The number of aromatic nitrogens is 4. The average molecular weight is 294 g/mol. The number of aryl methyl sites for hydroxylation is 1. The predicted octanol–water partition coefficient (Wildman–Crippen LogP) is 2.13. The number of hydrogen-bond donors (Lipinski definition) is 1. The fourth-order valence-electron chi connectivity index (χ4n) is 3.92. The molecular weight excluding hydrogens is 280 g/mol. The summed E-state index contributed by atoms with van der Waals surface area (Å²) in [4.78, 5) is 4.28. The number of fused-ring (bicyclic) bond motifs is 4. The largest absolute Gasteiger partial charge is 0.386 e. The van der Waals surface area contributed by atoms with Gasteiger partial charge >= 0.3 is 0 Å². The van der Waals surface area contributed by atoms with E-state index < -0.39 is 6.10 Å². The van der Waals surface area contributed by atoms with Gasteiger partial charge in [-0.1, -0.05) is 34.6 Å². The maximum absolute atomic E-state index is 10.8. The number of benzene rings is 1. The molecule has 6 nitrogen and oxygen atoms in total. The summed E-state index contributed by atoms with van der Waals surface area (Å²) in [6.07, 6.45) is 4.70. The van der Waals surface area contributed by atoms with Crippen LogP contribution < -0.4 is 0 Å². The van der Waals surface area contributed by atoms with Crippen LogP contribution in [0.3, 0.4) is 0 Å². The van der Waals surface area contributed by atoms with E-state index in [1.54, 1.807) is 0 Å². The summed E-state index contributed by atoms with van der Waals surface area (Å²) in [6, 6.07) is 8.41. The van der Waals surface area contributed by atoms with Gasteiger partial charge in [0.25, 0.3) is 0 Å². The quantitative estimate of drug-likeness (QED) is 0.744. The molecule has 3 heterocycles. The van der Waals surface area contributed by atoms with E-state index in [-0.39, 0.29) is 12.0 Å². The van der Waals surface area contributed by atoms with Crippen molar-refractivity contribution in [2.75, 3.05) is 0 Å². The molecule has 0 fully saturated rings. The molecule has 0 bridgehead atoms. The maximum atomic E-state index is 10.8. The molecule has 3 atom stereocenters. The van der Waals surface area contributed by atoms with Gasteiger partial charge in [-0.25, -0.2) is 9.61 Å². The van der Waals surface area contributed by atoms with Gasteiger partial charge < -0.3 is 9.67 Å². The highest BCUT2D eigenvalue weighted by Crippen LogP contribution is 2.49. The van der Waals surface area contributed by atoms with E-state index in [1.807, 2.05) is 24.7 Å². The van der Waals surface area contributed by atoms with Crippen LogP contribution in [0.2, 0.25) is 0 Å². The Kier molecular flexibility index (Phi) is 2.35. The Bertz CT molecular complexity index is 853. The number of rotatable bonds is 1. The highest BCUT2D eigenvalue weighted by Gasteiger charge is 2.42. The lowest BCUT2D eigenvalue weighted by atomic mass is 9.79. The predicted molar refractivity (Wildman–Crippen MR) is 76.9 cm³/mol. The van der Waals surface area contributed by atoms with Crippen molar-refractivity contribution >= 4 is 0 Å². The first-order valence-electron chi connectivity index (χ1n) is 7.45. The molecule has 1 aliphatic carbocycles. The second-order valence-corrected chi connectivity index (χ2v) is 5.96. The molecule has 1 unspecified atom stereocenters. The Morgan fingerprint density at radius 3 is 3.09 bits per heavy atom. The topological polar surface area (TPSA) is 77.0 Å². The van der Waals surface area contributed by atoms with Crippen molar-refractivity contribution in [3.8, 4) is 11.3 Å². The van der Waals surface area contributed by atoms with Crippen LogP contribution in [-0.2, 0) is 6.42 Å². The summed E-state index contributed by atoms with van der Waals surface area (Å²) in [5.74, 6) is 0.0380. The van der Waals surface area contributed by atoms with Gasteiger partial charge in [0.2, 0.25) is 0 Å². The Morgan fingerprint density at radius 2 is 2.14 bits per heavy atom. The van der Waals surface area contributed by atoms with Crippen LogP contribution in [0.4, 0.5) is 0 Å². The fourth-order valence-corrected chi connectivity index (χ4v) is 3.92. The van der Waals surface area contributed by atoms with Crippen molar-refractivity contribution in [2.45, 2.75) is 25.0 Å². The van der Waals surface area contributed by atoms with E-state index in [1.165, 1.54) is 11.1 Å². The summed E-state index contributed by atoms with van der Waals surface area (Å²) >= 11 is 0. The lowest BCUT2D eigenvalue weighted by Gasteiger charge is -2.32. The van der Waals surface area contributed by atoms with Crippen molar-refractivity contribution in [2.24, 2.45) is 5.92 Å². The van der Waals surface area contributed by atoms with Crippen LogP contribution in [0, 0.1) is 5.92 Å². The van der Waals surface area contributed by atoms with Crippen LogP contribution in [0.5, 0.6) is 0 Å². The number of nitrogens with zero attached hydrogens (tertiary/aromatic N) is 4. The Balaban J connectivity index is 1.65. The van der Waals surface area contributed by atoms with Crippen molar-refractivity contribution in [3.05, 3.63) is 53.7 Å². The Labute approximate surface area is 126 Å². The number of aliphatic hydroxyl groups is 1. The zero-order valence-electron chi connectivity index (χ0n) is 11.8. The first-order valence-corrected chi connectivity index (χ1v) is 7.45. The summed E-state index contributed by atoms with van der Waals surface area (Å²) < 4.78 is 6.96. The van der Waals surface area contributed by atoms with Gasteiger partial charge in [-0.15, -0.1) is 0 Å². The first-order chi connectivity index (χ1) is 10.8. The van der Waals surface area contributed by atoms with E-state index in [0.29, 0.717) is 5.69 Å². The zero-order valence-corrected chi connectivity index (χ0v) is 11.8. The van der Waals surface area contributed by atoms with Crippen LogP contribution in [0.25, 0.3) is 11.3 Å². The van der Waals surface area contributed by atoms with Gasteiger partial charge in [-0.3, -0.25) is 0 Å². The third-order valence-corrected chi connectivity index (χ3v) is 4.91. The number of imidazole rings is 1. The molecule has 0 saturated heterocycles.